The van der Waals surface area contributed by atoms with Crippen LogP contribution in [0.2, 0.25) is 0 Å². The van der Waals surface area contributed by atoms with Gasteiger partial charge in [0.05, 0.1) is 4.90 Å². The first kappa shape index (κ1) is 16.3. The molecule has 0 atom stereocenters. The second-order valence-electron chi connectivity index (χ2n) is 5.68. The molecule has 2 rings (SSSR count). The maximum atomic E-state index is 12.3. The topological polar surface area (TPSA) is 75.4 Å². The zero-order chi connectivity index (χ0) is 15.3. The van der Waals surface area contributed by atoms with Gasteiger partial charge in [0, 0.05) is 18.8 Å². The van der Waals surface area contributed by atoms with Crippen LogP contribution in [0.4, 0.5) is 5.69 Å². The molecule has 0 unspecified atom stereocenters. The van der Waals surface area contributed by atoms with Crippen molar-refractivity contribution in [2.45, 2.75) is 37.5 Å². The number of rotatable bonds is 5. The van der Waals surface area contributed by atoms with Gasteiger partial charge in [-0.15, -0.1) is 0 Å². The van der Waals surface area contributed by atoms with E-state index in [1.54, 1.807) is 19.1 Å². The van der Waals surface area contributed by atoms with Gasteiger partial charge in [-0.05, 0) is 50.6 Å². The van der Waals surface area contributed by atoms with E-state index in [4.69, 9.17) is 5.73 Å². The number of nitrogens with zero attached hydrogens (tertiary/aromatic N) is 1. The fourth-order valence-corrected chi connectivity index (χ4v) is 3.98. The van der Waals surface area contributed by atoms with Crippen molar-refractivity contribution in [2.24, 2.45) is 0 Å². The third-order valence-electron chi connectivity index (χ3n) is 3.92. The third-order valence-corrected chi connectivity index (χ3v) is 5.52. The molecule has 1 aromatic rings. The fraction of sp³-hybridized carbons (Fsp3) is 0.600. The van der Waals surface area contributed by atoms with Crippen molar-refractivity contribution < 1.29 is 8.42 Å². The molecular weight excluding hydrogens is 286 g/mol. The Kier molecular flexibility index (Phi) is 5.61. The SMILES string of the molecule is Cc1ccc(N)cc1S(=O)(=O)NCCN1CCCCCC1. The fourth-order valence-electron chi connectivity index (χ4n) is 2.68. The second kappa shape index (κ2) is 7.24. The standard InChI is InChI=1S/C15H25N3O2S/c1-13-6-7-14(16)12-15(13)21(19,20)17-8-11-18-9-4-2-3-5-10-18/h6-7,12,17H,2-5,8-11,16H2,1H3. The van der Waals surface area contributed by atoms with Crippen LogP contribution in [0.1, 0.15) is 31.2 Å². The third kappa shape index (κ3) is 4.69. The predicted octanol–water partition coefficient (Wildman–Crippen LogP) is 1.73. The summed E-state index contributed by atoms with van der Waals surface area (Å²) in [6, 6.07) is 4.97. The van der Waals surface area contributed by atoms with Crippen LogP contribution in [0, 0.1) is 6.92 Å². The summed E-state index contributed by atoms with van der Waals surface area (Å²) in [7, 11) is -3.48. The molecular formula is C15H25N3O2S. The lowest BCUT2D eigenvalue weighted by Gasteiger charge is -2.20. The number of benzene rings is 1. The number of anilines is 1. The Labute approximate surface area is 127 Å². The smallest absolute Gasteiger partial charge is 0.240 e. The Morgan fingerprint density at radius 1 is 1.19 bits per heavy atom. The van der Waals surface area contributed by atoms with Crippen molar-refractivity contribution in [1.82, 2.24) is 9.62 Å². The maximum Gasteiger partial charge on any atom is 0.240 e. The average molecular weight is 311 g/mol. The van der Waals surface area contributed by atoms with Gasteiger partial charge in [0.2, 0.25) is 10.0 Å². The van der Waals surface area contributed by atoms with Crippen LogP contribution < -0.4 is 10.5 Å². The Balaban J connectivity index is 1.93. The molecule has 0 aromatic heterocycles. The van der Waals surface area contributed by atoms with Gasteiger partial charge >= 0.3 is 0 Å². The first-order valence-corrected chi connectivity index (χ1v) is 9.05. The number of nitrogen functional groups attached to an aromatic ring is 1. The quantitative estimate of drug-likeness (QED) is 0.812. The summed E-state index contributed by atoms with van der Waals surface area (Å²) >= 11 is 0. The molecule has 21 heavy (non-hydrogen) atoms. The van der Waals surface area contributed by atoms with Crippen LogP contribution in [0.15, 0.2) is 23.1 Å². The van der Waals surface area contributed by atoms with Crippen LogP contribution in [0.25, 0.3) is 0 Å². The summed E-state index contributed by atoms with van der Waals surface area (Å²) in [5.41, 5.74) is 6.87. The minimum Gasteiger partial charge on any atom is -0.399 e. The highest BCUT2D eigenvalue weighted by Gasteiger charge is 2.17. The second-order valence-corrected chi connectivity index (χ2v) is 7.41. The molecule has 0 saturated carbocycles. The Morgan fingerprint density at radius 2 is 1.86 bits per heavy atom. The van der Waals surface area contributed by atoms with Crippen molar-refractivity contribution in [3.8, 4) is 0 Å². The molecule has 1 saturated heterocycles. The average Bonchev–Trinajstić information content (AvgIpc) is 2.70. The minimum atomic E-state index is -3.48. The molecule has 6 heteroatoms. The van der Waals surface area contributed by atoms with Gasteiger partial charge in [-0.1, -0.05) is 18.9 Å². The molecule has 0 radical (unpaired) electrons. The number of nitrogens with one attached hydrogen (secondary N) is 1. The van der Waals surface area contributed by atoms with Crippen LogP contribution in [0.3, 0.4) is 0 Å². The predicted molar refractivity (Wildman–Crippen MR) is 85.7 cm³/mol. The lowest BCUT2D eigenvalue weighted by atomic mass is 10.2. The van der Waals surface area contributed by atoms with Crippen molar-refractivity contribution in [3.63, 3.8) is 0 Å². The molecule has 5 nitrogen and oxygen atoms in total. The number of hydrogen-bond acceptors (Lipinski definition) is 4. The lowest BCUT2D eigenvalue weighted by Crippen LogP contribution is -2.35. The molecule has 1 aliphatic rings. The highest BCUT2D eigenvalue weighted by molar-refractivity contribution is 7.89. The van der Waals surface area contributed by atoms with Crippen molar-refractivity contribution >= 4 is 15.7 Å². The summed E-state index contributed by atoms with van der Waals surface area (Å²) in [5.74, 6) is 0. The van der Waals surface area contributed by atoms with E-state index < -0.39 is 10.0 Å². The van der Waals surface area contributed by atoms with Crippen LogP contribution in [0.5, 0.6) is 0 Å². The van der Waals surface area contributed by atoms with E-state index in [0.29, 0.717) is 17.8 Å². The largest absolute Gasteiger partial charge is 0.399 e. The molecule has 1 heterocycles. The van der Waals surface area contributed by atoms with Gasteiger partial charge in [-0.2, -0.15) is 0 Å². The van der Waals surface area contributed by atoms with Crippen LogP contribution in [-0.2, 0) is 10.0 Å². The molecule has 0 spiro atoms. The number of aryl methyl sites for hydroxylation is 1. The van der Waals surface area contributed by atoms with E-state index in [1.165, 1.54) is 31.7 Å². The van der Waals surface area contributed by atoms with Gasteiger partial charge in [0.25, 0.3) is 0 Å². The van der Waals surface area contributed by atoms with E-state index in [-0.39, 0.29) is 4.90 Å². The Hall–Kier alpha value is -1.11. The van der Waals surface area contributed by atoms with Crippen LogP contribution >= 0.6 is 0 Å². The van der Waals surface area contributed by atoms with Gasteiger partial charge < -0.3 is 10.6 Å². The molecule has 1 aliphatic heterocycles. The van der Waals surface area contributed by atoms with E-state index >= 15 is 0 Å². The van der Waals surface area contributed by atoms with Gasteiger partial charge in [0.1, 0.15) is 0 Å². The minimum absolute atomic E-state index is 0.276. The van der Waals surface area contributed by atoms with E-state index in [1.807, 2.05) is 0 Å². The van der Waals surface area contributed by atoms with E-state index in [2.05, 4.69) is 9.62 Å². The molecule has 1 aromatic carbocycles. The first-order chi connectivity index (χ1) is 9.99. The number of hydrogen-bond donors (Lipinski definition) is 2. The molecule has 1 fully saturated rings. The maximum absolute atomic E-state index is 12.3. The zero-order valence-corrected chi connectivity index (χ0v) is 13.5. The first-order valence-electron chi connectivity index (χ1n) is 7.57. The molecule has 0 bridgehead atoms. The number of sulfonamides is 1. The lowest BCUT2D eigenvalue weighted by molar-refractivity contribution is 0.290. The molecule has 0 aliphatic carbocycles. The zero-order valence-electron chi connectivity index (χ0n) is 12.6. The van der Waals surface area contributed by atoms with E-state index in [9.17, 15) is 8.42 Å². The number of likely N-dealkylation sites (tertiary alicyclic amines) is 1. The van der Waals surface area contributed by atoms with Gasteiger partial charge in [0.15, 0.2) is 0 Å². The monoisotopic (exact) mass is 311 g/mol. The van der Waals surface area contributed by atoms with Crippen molar-refractivity contribution in [3.05, 3.63) is 23.8 Å². The molecule has 3 N–H and O–H groups in total. The molecule has 118 valence electrons. The van der Waals surface area contributed by atoms with Gasteiger partial charge in [-0.25, -0.2) is 13.1 Å². The normalized spacial score (nSPS) is 17.6. The highest BCUT2D eigenvalue weighted by atomic mass is 32.2. The summed E-state index contributed by atoms with van der Waals surface area (Å²) < 4.78 is 27.3. The summed E-state index contributed by atoms with van der Waals surface area (Å²) in [6.45, 7) is 5.12. The Morgan fingerprint density at radius 3 is 2.52 bits per heavy atom. The highest BCUT2D eigenvalue weighted by Crippen LogP contribution is 2.18. The van der Waals surface area contributed by atoms with Gasteiger partial charge in [-0.3, -0.25) is 0 Å². The van der Waals surface area contributed by atoms with Crippen LogP contribution in [-0.4, -0.2) is 39.5 Å². The summed E-state index contributed by atoms with van der Waals surface area (Å²) in [6.07, 6.45) is 4.98. The Bertz CT molecular complexity index is 564. The van der Waals surface area contributed by atoms with Crippen molar-refractivity contribution in [2.75, 3.05) is 31.9 Å². The molecule has 0 amide bonds. The summed E-state index contributed by atoms with van der Waals surface area (Å²) in [5, 5.41) is 0. The number of nitrogens with two attached hydrogens (primary N) is 1. The van der Waals surface area contributed by atoms with Crippen molar-refractivity contribution in [1.29, 1.82) is 0 Å². The summed E-state index contributed by atoms with van der Waals surface area (Å²) in [4.78, 5) is 2.61. The van der Waals surface area contributed by atoms with E-state index in [0.717, 1.165) is 19.6 Å².